The molecule has 30 heavy (non-hydrogen) atoms. The normalized spacial score (nSPS) is 21.7. The van der Waals surface area contributed by atoms with Crippen molar-refractivity contribution < 1.29 is 9.47 Å². The molecule has 2 heterocycles. The molecule has 1 fully saturated rings. The molecule has 2 atom stereocenters. The van der Waals surface area contributed by atoms with Gasteiger partial charge in [0, 0.05) is 34.9 Å². The van der Waals surface area contributed by atoms with Crippen LogP contribution in [0.1, 0.15) is 31.9 Å². The van der Waals surface area contributed by atoms with Crippen molar-refractivity contribution in [2.45, 2.75) is 31.8 Å². The summed E-state index contributed by atoms with van der Waals surface area (Å²) in [5.41, 5.74) is 3.68. The number of nitrogens with one attached hydrogen (secondary N) is 1. The number of likely N-dealkylation sites (N-methyl/N-ethyl adjacent to an activating group) is 1. The quantitative estimate of drug-likeness (QED) is 0.618. The monoisotopic (exact) mass is 407 g/mol. The maximum atomic E-state index is 5.65. The van der Waals surface area contributed by atoms with Crippen LogP contribution in [-0.2, 0) is 0 Å². The van der Waals surface area contributed by atoms with Crippen LogP contribution in [0, 0.1) is 5.92 Å². The van der Waals surface area contributed by atoms with E-state index >= 15 is 0 Å². The first-order valence-corrected chi connectivity index (χ1v) is 10.7. The van der Waals surface area contributed by atoms with Crippen molar-refractivity contribution in [3.05, 3.63) is 54.2 Å². The number of nitrogens with zero attached hydrogens (tertiary/aromatic N) is 2. The average molecular weight is 408 g/mol. The van der Waals surface area contributed by atoms with Crippen LogP contribution in [0.4, 0.5) is 5.69 Å². The smallest absolute Gasteiger partial charge is 0.161 e. The lowest BCUT2D eigenvalue weighted by atomic mass is 9.75. The summed E-state index contributed by atoms with van der Waals surface area (Å²) in [6.45, 7) is 5.69. The van der Waals surface area contributed by atoms with Crippen LogP contribution in [0.5, 0.6) is 11.5 Å². The second kappa shape index (κ2) is 7.88. The summed E-state index contributed by atoms with van der Waals surface area (Å²) in [6, 6.07) is 15.4. The Labute approximate surface area is 179 Å². The van der Waals surface area contributed by atoms with Gasteiger partial charge in [0.25, 0.3) is 0 Å². The van der Waals surface area contributed by atoms with Crippen molar-refractivity contribution >= 4 is 16.6 Å². The second-order valence-electron chi connectivity index (χ2n) is 8.75. The van der Waals surface area contributed by atoms with Crippen molar-refractivity contribution in [2.75, 3.05) is 39.8 Å². The summed E-state index contributed by atoms with van der Waals surface area (Å²) in [6.07, 6.45) is 3.10. The molecule has 1 aromatic heterocycles. The molecular weight excluding hydrogens is 374 g/mol. The molecule has 1 aliphatic heterocycles. The fourth-order valence-electron chi connectivity index (χ4n) is 5.41. The molecule has 2 aromatic carbocycles. The summed E-state index contributed by atoms with van der Waals surface area (Å²) in [7, 11) is 7.82. The Balaban J connectivity index is 1.88. The summed E-state index contributed by atoms with van der Waals surface area (Å²) in [5, 5.41) is 1.24. The van der Waals surface area contributed by atoms with Gasteiger partial charge in [-0.3, -0.25) is 0 Å². The van der Waals surface area contributed by atoms with Gasteiger partial charge in [0.1, 0.15) is 0 Å². The van der Waals surface area contributed by atoms with E-state index in [0.29, 0.717) is 5.92 Å². The standard InChI is InChI=1S/C25H33N3O2/c1-17(2)25(27(3)4)12-14-28(20-8-9-21-18(15-20)11-13-26-21)24(25)19-7-10-22(29-5)23(16-19)30-6/h7-11,13,15-17,24,26H,12,14H2,1-6H3. The minimum atomic E-state index is 0.00665. The number of hydrogen-bond acceptors (Lipinski definition) is 4. The number of benzene rings is 2. The molecule has 0 bridgehead atoms. The van der Waals surface area contributed by atoms with Crippen LogP contribution >= 0.6 is 0 Å². The Kier molecular flexibility index (Phi) is 5.41. The molecule has 5 nitrogen and oxygen atoms in total. The van der Waals surface area contributed by atoms with Crippen molar-refractivity contribution in [1.82, 2.24) is 9.88 Å². The van der Waals surface area contributed by atoms with Crippen LogP contribution in [0.2, 0.25) is 0 Å². The largest absolute Gasteiger partial charge is 0.493 e. The molecule has 1 N–H and O–H groups in total. The van der Waals surface area contributed by atoms with Crippen molar-refractivity contribution in [3.63, 3.8) is 0 Å². The Bertz CT molecular complexity index is 1020. The maximum absolute atomic E-state index is 5.65. The fraction of sp³-hybridized carbons (Fsp3) is 0.440. The lowest BCUT2D eigenvalue weighted by Crippen LogP contribution is -2.52. The number of ether oxygens (including phenoxy) is 2. The van der Waals surface area contributed by atoms with Gasteiger partial charge in [-0.1, -0.05) is 19.9 Å². The lowest BCUT2D eigenvalue weighted by molar-refractivity contribution is 0.0835. The highest BCUT2D eigenvalue weighted by atomic mass is 16.5. The van der Waals surface area contributed by atoms with E-state index in [1.165, 1.54) is 22.2 Å². The number of anilines is 1. The molecule has 5 heteroatoms. The van der Waals surface area contributed by atoms with Crippen molar-refractivity contribution in [1.29, 1.82) is 0 Å². The Morgan fingerprint density at radius 2 is 1.80 bits per heavy atom. The zero-order valence-corrected chi connectivity index (χ0v) is 18.9. The first-order chi connectivity index (χ1) is 14.4. The maximum Gasteiger partial charge on any atom is 0.161 e. The van der Waals surface area contributed by atoms with E-state index in [9.17, 15) is 0 Å². The molecule has 2 unspecified atom stereocenters. The Hall–Kier alpha value is -2.66. The first-order valence-electron chi connectivity index (χ1n) is 10.7. The van der Waals surface area contributed by atoms with Gasteiger partial charge in [0.05, 0.1) is 20.3 Å². The molecule has 1 saturated heterocycles. The third kappa shape index (κ3) is 3.12. The Morgan fingerprint density at radius 3 is 2.47 bits per heavy atom. The van der Waals surface area contributed by atoms with E-state index < -0.39 is 0 Å². The highest BCUT2D eigenvalue weighted by Gasteiger charge is 2.52. The zero-order chi connectivity index (χ0) is 21.5. The van der Waals surface area contributed by atoms with Crippen molar-refractivity contribution in [2.24, 2.45) is 5.92 Å². The predicted molar refractivity (Wildman–Crippen MR) is 124 cm³/mol. The third-order valence-electron chi connectivity index (χ3n) is 6.96. The van der Waals surface area contributed by atoms with E-state index in [4.69, 9.17) is 9.47 Å². The number of H-pyrrole nitrogens is 1. The SMILES string of the molecule is COc1ccc(C2N(c3ccc4[nH]ccc4c3)CCC2(C(C)C)N(C)C)cc1OC. The second-order valence-corrected chi connectivity index (χ2v) is 8.75. The van der Waals surface area contributed by atoms with Crippen LogP contribution < -0.4 is 14.4 Å². The zero-order valence-electron chi connectivity index (χ0n) is 18.9. The highest BCUT2D eigenvalue weighted by molar-refractivity contribution is 5.83. The summed E-state index contributed by atoms with van der Waals surface area (Å²) in [5.74, 6) is 2.02. The summed E-state index contributed by atoms with van der Waals surface area (Å²) in [4.78, 5) is 8.29. The summed E-state index contributed by atoms with van der Waals surface area (Å²) < 4.78 is 11.2. The first kappa shape index (κ1) is 20.6. The number of aromatic nitrogens is 1. The van der Waals surface area contributed by atoms with Gasteiger partial charge in [0.2, 0.25) is 0 Å². The topological polar surface area (TPSA) is 40.7 Å². The molecule has 160 valence electrons. The fourth-order valence-corrected chi connectivity index (χ4v) is 5.41. The number of aromatic amines is 1. The molecule has 3 aromatic rings. The van der Waals surface area contributed by atoms with Crippen LogP contribution in [0.3, 0.4) is 0 Å². The van der Waals surface area contributed by atoms with Gasteiger partial charge in [-0.05, 0) is 68.4 Å². The molecule has 0 saturated carbocycles. The van der Waals surface area contributed by atoms with Gasteiger partial charge in [-0.15, -0.1) is 0 Å². The molecule has 1 aliphatic rings. The predicted octanol–water partition coefficient (Wildman–Crippen LogP) is 5.09. The van der Waals surface area contributed by atoms with Crippen LogP contribution in [-0.4, -0.2) is 50.3 Å². The summed E-state index contributed by atoms with van der Waals surface area (Å²) >= 11 is 0. The number of hydrogen-bond donors (Lipinski definition) is 1. The minimum Gasteiger partial charge on any atom is -0.493 e. The van der Waals surface area contributed by atoms with E-state index in [2.05, 4.69) is 79.1 Å². The van der Waals surface area contributed by atoms with E-state index in [1.54, 1.807) is 14.2 Å². The highest BCUT2D eigenvalue weighted by Crippen LogP contribution is 2.50. The van der Waals surface area contributed by atoms with Crippen LogP contribution in [0.25, 0.3) is 10.9 Å². The van der Waals surface area contributed by atoms with Gasteiger partial charge in [0.15, 0.2) is 11.5 Å². The average Bonchev–Trinajstić information content (AvgIpc) is 3.37. The molecule has 0 radical (unpaired) electrons. The Morgan fingerprint density at radius 1 is 1.03 bits per heavy atom. The lowest BCUT2D eigenvalue weighted by Gasteiger charge is -2.47. The van der Waals surface area contributed by atoms with Gasteiger partial charge in [-0.2, -0.15) is 0 Å². The minimum absolute atomic E-state index is 0.00665. The van der Waals surface area contributed by atoms with E-state index in [0.717, 1.165) is 24.5 Å². The van der Waals surface area contributed by atoms with Gasteiger partial charge >= 0.3 is 0 Å². The molecule has 0 amide bonds. The van der Waals surface area contributed by atoms with Crippen LogP contribution in [0.15, 0.2) is 48.7 Å². The van der Waals surface area contributed by atoms with Crippen molar-refractivity contribution in [3.8, 4) is 11.5 Å². The van der Waals surface area contributed by atoms with E-state index in [1.807, 2.05) is 12.3 Å². The van der Waals surface area contributed by atoms with E-state index in [-0.39, 0.29) is 11.6 Å². The molecule has 4 rings (SSSR count). The number of methoxy groups -OCH3 is 2. The van der Waals surface area contributed by atoms with Gasteiger partial charge in [-0.25, -0.2) is 0 Å². The molecular formula is C25H33N3O2. The van der Waals surface area contributed by atoms with Gasteiger partial charge < -0.3 is 24.3 Å². The third-order valence-corrected chi connectivity index (χ3v) is 6.96. The molecule has 0 spiro atoms. The number of rotatable bonds is 6. The number of fused-ring (bicyclic) bond motifs is 1. The molecule has 0 aliphatic carbocycles.